The minimum atomic E-state index is 0.0345. The van der Waals surface area contributed by atoms with Crippen LogP contribution in [0.1, 0.15) is 12.5 Å². The first-order chi connectivity index (χ1) is 8.11. The first-order valence-electron chi connectivity index (χ1n) is 5.59. The quantitative estimate of drug-likeness (QED) is 0.800. The summed E-state index contributed by atoms with van der Waals surface area (Å²) in [5.41, 5.74) is 1.25. The van der Waals surface area contributed by atoms with Crippen molar-refractivity contribution in [1.82, 2.24) is 10.2 Å². The highest BCUT2D eigenvalue weighted by Gasteiger charge is 2.10. The highest BCUT2D eigenvalue weighted by Crippen LogP contribution is 2.07. The number of rotatable bonds is 7. The van der Waals surface area contributed by atoms with E-state index in [2.05, 4.69) is 16.8 Å². The number of carbonyl (C=O) groups is 1. The molecule has 0 aliphatic rings. The average Bonchev–Trinajstić information content (AvgIpc) is 2.69. The van der Waals surface area contributed by atoms with E-state index in [1.165, 1.54) is 5.56 Å². The number of hydrogen-bond acceptors (Lipinski definition) is 4. The molecule has 1 unspecified atom stereocenters. The Morgan fingerprint density at radius 1 is 1.65 bits per heavy atom. The van der Waals surface area contributed by atoms with Gasteiger partial charge in [-0.1, -0.05) is 0 Å². The van der Waals surface area contributed by atoms with Gasteiger partial charge < -0.3 is 10.1 Å². The Hall–Kier alpha value is -0.910. The van der Waals surface area contributed by atoms with Crippen molar-refractivity contribution in [3.8, 4) is 0 Å². The summed E-state index contributed by atoms with van der Waals surface area (Å²) in [5, 5.41) is 7.03. The predicted molar refractivity (Wildman–Crippen MR) is 70.1 cm³/mol. The van der Waals surface area contributed by atoms with Crippen LogP contribution >= 0.6 is 11.3 Å². The van der Waals surface area contributed by atoms with Crippen LogP contribution in [-0.2, 0) is 16.1 Å². The fourth-order valence-corrected chi connectivity index (χ4v) is 2.27. The third-order valence-electron chi connectivity index (χ3n) is 2.27. The Kier molecular flexibility index (Phi) is 6.18. The predicted octanol–water partition coefficient (Wildman–Crippen LogP) is 1.33. The second kappa shape index (κ2) is 7.42. The van der Waals surface area contributed by atoms with Crippen molar-refractivity contribution in [3.63, 3.8) is 0 Å². The summed E-state index contributed by atoms with van der Waals surface area (Å²) in [6.07, 6.45) is 0. The molecule has 0 saturated heterocycles. The summed E-state index contributed by atoms with van der Waals surface area (Å²) >= 11 is 1.67. The van der Waals surface area contributed by atoms with E-state index in [0.717, 1.165) is 6.54 Å². The number of thiophene rings is 1. The number of nitrogens with one attached hydrogen (secondary N) is 1. The van der Waals surface area contributed by atoms with Gasteiger partial charge in [0.25, 0.3) is 0 Å². The minimum Gasteiger partial charge on any atom is -0.383 e. The van der Waals surface area contributed by atoms with Crippen LogP contribution in [0.15, 0.2) is 16.8 Å². The van der Waals surface area contributed by atoms with Crippen molar-refractivity contribution >= 4 is 17.2 Å². The molecular weight excluding hydrogens is 236 g/mol. The standard InChI is InChI=1S/C12H20N2O2S/c1-10(8-16-3)13-12(15)7-14(2)6-11-4-5-17-9-11/h4-5,9-10H,6-8H2,1-3H3,(H,13,15). The van der Waals surface area contributed by atoms with Gasteiger partial charge in [-0.15, -0.1) is 0 Å². The first kappa shape index (κ1) is 14.2. The summed E-state index contributed by atoms with van der Waals surface area (Å²) in [6, 6.07) is 2.13. The van der Waals surface area contributed by atoms with Gasteiger partial charge in [-0.2, -0.15) is 11.3 Å². The molecule has 0 spiro atoms. The topological polar surface area (TPSA) is 41.6 Å². The molecule has 0 radical (unpaired) electrons. The third-order valence-corrected chi connectivity index (χ3v) is 3.00. The molecule has 1 atom stereocenters. The molecule has 1 amide bonds. The van der Waals surface area contributed by atoms with Crippen molar-refractivity contribution in [2.75, 3.05) is 27.3 Å². The van der Waals surface area contributed by atoms with E-state index >= 15 is 0 Å². The lowest BCUT2D eigenvalue weighted by Crippen LogP contribution is -2.41. The molecule has 1 heterocycles. The number of carbonyl (C=O) groups excluding carboxylic acids is 1. The van der Waals surface area contributed by atoms with Gasteiger partial charge >= 0.3 is 0 Å². The maximum absolute atomic E-state index is 11.7. The molecule has 17 heavy (non-hydrogen) atoms. The van der Waals surface area contributed by atoms with E-state index in [-0.39, 0.29) is 11.9 Å². The lowest BCUT2D eigenvalue weighted by atomic mass is 10.3. The van der Waals surface area contributed by atoms with Crippen LogP contribution in [0.5, 0.6) is 0 Å². The monoisotopic (exact) mass is 256 g/mol. The molecule has 0 aliphatic heterocycles. The second-order valence-electron chi connectivity index (χ2n) is 4.23. The summed E-state index contributed by atoms with van der Waals surface area (Å²) in [7, 11) is 3.57. The summed E-state index contributed by atoms with van der Waals surface area (Å²) in [4.78, 5) is 13.7. The average molecular weight is 256 g/mol. The van der Waals surface area contributed by atoms with Crippen molar-refractivity contribution < 1.29 is 9.53 Å². The Morgan fingerprint density at radius 2 is 2.41 bits per heavy atom. The Balaban J connectivity index is 2.26. The first-order valence-corrected chi connectivity index (χ1v) is 6.54. The molecule has 1 aromatic rings. The van der Waals surface area contributed by atoms with Crippen LogP contribution in [-0.4, -0.2) is 44.2 Å². The number of amides is 1. The molecule has 0 aromatic carbocycles. The molecule has 1 aromatic heterocycles. The van der Waals surface area contributed by atoms with Crippen LogP contribution in [0.25, 0.3) is 0 Å². The molecule has 0 bridgehead atoms. The van der Waals surface area contributed by atoms with Crippen LogP contribution in [0.2, 0.25) is 0 Å². The van der Waals surface area contributed by atoms with Gasteiger partial charge in [0.15, 0.2) is 0 Å². The molecule has 4 nitrogen and oxygen atoms in total. The van der Waals surface area contributed by atoms with E-state index in [1.807, 2.05) is 24.3 Å². The lowest BCUT2D eigenvalue weighted by Gasteiger charge is -2.18. The van der Waals surface area contributed by atoms with Gasteiger partial charge in [0.1, 0.15) is 0 Å². The van der Waals surface area contributed by atoms with Crippen LogP contribution in [0.3, 0.4) is 0 Å². The van der Waals surface area contributed by atoms with Gasteiger partial charge in [-0.25, -0.2) is 0 Å². The maximum atomic E-state index is 11.7. The zero-order chi connectivity index (χ0) is 12.7. The molecule has 1 rings (SSSR count). The largest absolute Gasteiger partial charge is 0.383 e. The van der Waals surface area contributed by atoms with Gasteiger partial charge in [-0.05, 0) is 36.4 Å². The SMILES string of the molecule is COCC(C)NC(=O)CN(C)Cc1ccsc1. The smallest absolute Gasteiger partial charge is 0.234 e. The number of methoxy groups -OCH3 is 1. The van der Waals surface area contributed by atoms with Crippen LogP contribution < -0.4 is 5.32 Å². The molecule has 5 heteroatoms. The Morgan fingerprint density at radius 3 is 3.00 bits per heavy atom. The van der Waals surface area contributed by atoms with E-state index in [9.17, 15) is 4.79 Å². The third kappa shape index (κ3) is 5.81. The zero-order valence-corrected chi connectivity index (χ0v) is 11.4. The molecule has 0 aliphatic carbocycles. The minimum absolute atomic E-state index is 0.0345. The van der Waals surface area contributed by atoms with Gasteiger partial charge in [0.2, 0.25) is 5.91 Å². The van der Waals surface area contributed by atoms with Crippen molar-refractivity contribution in [1.29, 1.82) is 0 Å². The molecular formula is C12H20N2O2S. The zero-order valence-electron chi connectivity index (χ0n) is 10.6. The molecule has 0 fully saturated rings. The normalized spacial score (nSPS) is 12.7. The number of likely N-dealkylation sites (N-methyl/N-ethyl adjacent to an activating group) is 1. The summed E-state index contributed by atoms with van der Waals surface area (Å²) in [5.74, 6) is 0.0345. The molecule has 0 saturated carbocycles. The van der Waals surface area contributed by atoms with E-state index in [1.54, 1.807) is 18.4 Å². The Bertz CT molecular complexity index is 327. The van der Waals surface area contributed by atoms with Crippen molar-refractivity contribution in [2.24, 2.45) is 0 Å². The van der Waals surface area contributed by atoms with Gasteiger partial charge in [-0.3, -0.25) is 9.69 Å². The number of ether oxygens (including phenoxy) is 1. The Labute approximate surface area is 107 Å². The van der Waals surface area contributed by atoms with Crippen LogP contribution in [0, 0.1) is 0 Å². The number of hydrogen-bond donors (Lipinski definition) is 1. The molecule has 1 N–H and O–H groups in total. The fraction of sp³-hybridized carbons (Fsp3) is 0.583. The lowest BCUT2D eigenvalue weighted by molar-refractivity contribution is -0.123. The molecule has 96 valence electrons. The highest BCUT2D eigenvalue weighted by atomic mass is 32.1. The van der Waals surface area contributed by atoms with E-state index < -0.39 is 0 Å². The van der Waals surface area contributed by atoms with Gasteiger partial charge in [0, 0.05) is 19.7 Å². The second-order valence-corrected chi connectivity index (χ2v) is 5.01. The summed E-state index contributed by atoms with van der Waals surface area (Å²) < 4.78 is 4.97. The maximum Gasteiger partial charge on any atom is 0.234 e. The van der Waals surface area contributed by atoms with Crippen molar-refractivity contribution in [2.45, 2.75) is 19.5 Å². The van der Waals surface area contributed by atoms with E-state index in [4.69, 9.17) is 4.74 Å². The number of nitrogens with zero attached hydrogens (tertiary/aromatic N) is 1. The highest BCUT2D eigenvalue weighted by molar-refractivity contribution is 7.07. The van der Waals surface area contributed by atoms with Crippen LogP contribution in [0.4, 0.5) is 0 Å². The van der Waals surface area contributed by atoms with Crippen molar-refractivity contribution in [3.05, 3.63) is 22.4 Å². The van der Waals surface area contributed by atoms with E-state index in [0.29, 0.717) is 13.2 Å². The summed E-state index contributed by atoms with van der Waals surface area (Å²) in [6.45, 7) is 3.68. The van der Waals surface area contributed by atoms with Gasteiger partial charge in [0.05, 0.1) is 13.2 Å². The fourth-order valence-electron chi connectivity index (χ4n) is 1.61.